The number of carbonyl (C=O) groups is 2. The van der Waals surface area contributed by atoms with Gasteiger partial charge in [0, 0.05) is 28.4 Å². The molecule has 2 saturated carbocycles. The molecule has 174 valence electrons. The molecule has 32 heavy (non-hydrogen) atoms. The van der Waals surface area contributed by atoms with Crippen LogP contribution in [-0.2, 0) is 9.53 Å². The normalized spacial score (nSPS) is 42.3. The number of carbonyl (C=O) groups excluding carboxylic acids is 2. The molecule has 0 aliphatic heterocycles. The van der Waals surface area contributed by atoms with Crippen LogP contribution in [0.1, 0.15) is 42.6 Å². The predicted molar refractivity (Wildman–Crippen MR) is 110 cm³/mol. The van der Waals surface area contributed by atoms with Gasteiger partial charge in [0.25, 0.3) is 0 Å². The first-order valence-electron chi connectivity index (χ1n) is 10.4. The molecule has 0 heterocycles. The Hall–Kier alpha value is -2.46. The Morgan fingerprint density at radius 3 is 2.47 bits per heavy atom. The van der Waals surface area contributed by atoms with Gasteiger partial charge in [0.2, 0.25) is 0 Å². The van der Waals surface area contributed by atoms with Crippen LogP contribution in [0.3, 0.4) is 0 Å². The topological polar surface area (TPSA) is 165 Å². The Morgan fingerprint density at radius 1 is 1.25 bits per heavy atom. The van der Waals surface area contributed by atoms with Crippen molar-refractivity contribution in [2.24, 2.45) is 16.7 Å². The third kappa shape index (κ3) is 2.65. The second kappa shape index (κ2) is 6.77. The molecule has 0 aromatic heterocycles. The molecule has 0 radical (unpaired) electrons. The van der Waals surface area contributed by atoms with E-state index in [0.29, 0.717) is 6.29 Å². The van der Waals surface area contributed by atoms with Crippen molar-refractivity contribution in [3.8, 4) is 11.5 Å². The van der Waals surface area contributed by atoms with Gasteiger partial charge < -0.3 is 35.4 Å². The highest BCUT2D eigenvalue weighted by Gasteiger charge is 2.78. The van der Waals surface area contributed by atoms with Crippen LogP contribution < -0.4 is 0 Å². The van der Waals surface area contributed by atoms with E-state index in [1.807, 2.05) is 0 Å². The molecule has 3 aliphatic rings. The van der Waals surface area contributed by atoms with Crippen molar-refractivity contribution in [1.29, 1.82) is 0 Å². The maximum absolute atomic E-state index is 12.8. The highest BCUT2D eigenvalue weighted by molar-refractivity contribution is 5.94. The summed E-state index contributed by atoms with van der Waals surface area (Å²) in [4.78, 5) is 24.7. The summed E-state index contributed by atoms with van der Waals surface area (Å²) >= 11 is 0. The monoisotopic (exact) mass is 448 g/mol. The van der Waals surface area contributed by atoms with Gasteiger partial charge in [0.15, 0.2) is 0 Å². The number of aldehydes is 1. The molecule has 0 spiro atoms. The Morgan fingerprint density at radius 2 is 1.91 bits per heavy atom. The van der Waals surface area contributed by atoms with Crippen molar-refractivity contribution in [2.75, 3.05) is 6.61 Å². The molecule has 7 atom stereocenters. The zero-order valence-corrected chi connectivity index (χ0v) is 18.1. The SMILES string of the molecule is Cc1cc(O)cc(O)c1C(=O)OC1CC2(C)C3C(O)C(C)(CO)CC3(O)C=C(C=O)C12O. The Labute approximate surface area is 184 Å². The quantitative estimate of drug-likeness (QED) is 0.281. The number of aliphatic hydroxyl groups is 4. The Kier molecular flexibility index (Phi) is 4.81. The summed E-state index contributed by atoms with van der Waals surface area (Å²) < 4.78 is 5.50. The molecule has 2 fully saturated rings. The number of rotatable bonds is 4. The number of ether oxygens (including phenoxy) is 1. The summed E-state index contributed by atoms with van der Waals surface area (Å²) in [5, 5.41) is 63.5. The second-order valence-corrected chi connectivity index (χ2v) is 10.1. The van der Waals surface area contributed by atoms with Crippen LogP contribution in [0.25, 0.3) is 0 Å². The van der Waals surface area contributed by atoms with Gasteiger partial charge in [-0.15, -0.1) is 0 Å². The fourth-order valence-corrected chi connectivity index (χ4v) is 6.37. The molecular formula is C23H28O9. The maximum Gasteiger partial charge on any atom is 0.342 e. The van der Waals surface area contributed by atoms with Crippen molar-refractivity contribution in [1.82, 2.24) is 0 Å². The standard InChI is InChI=1S/C23H28O9/c1-11-4-13(26)5-14(27)16(11)19(29)32-15-7-21(3)17-18(28)20(2,10-25)9-22(17,30)6-12(8-24)23(15,21)31/h4-6,8,15,17-18,25-28,30-31H,7,9-10H2,1-3H3. The van der Waals surface area contributed by atoms with E-state index in [1.165, 1.54) is 19.1 Å². The lowest BCUT2D eigenvalue weighted by Gasteiger charge is -2.66. The molecule has 6 N–H and O–H groups in total. The summed E-state index contributed by atoms with van der Waals surface area (Å²) in [6.45, 7) is 4.33. The van der Waals surface area contributed by atoms with Gasteiger partial charge in [-0.25, -0.2) is 4.79 Å². The van der Waals surface area contributed by atoms with Gasteiger partial charge in [0.1, 0.15) is 35.1 Å². The van der Waals surface area contributed by atoms with E-state index in [4.69, 9.17) is 4.74 Å². The molecule has 1 aromatic carbocycles. The minimum Gasteiger partial charge on any atom is -0.508 e. The Balaban J connectivity index is 1.72. The second-order valence-electron chi connectivity index (χ2n) is 10.1. The zero-order chi connectivity index (χ0) is 23.9. The lowest BCUT2D eigenvalue weighted by atomic mass is 9.43. The van der Waals surface area contributed by atoms with Crippen molar-refractivity contribution in [2.45, 2.75) is 57.0 Å². The van der Waals surface area contributed by atoms with E-state index in [2.05, 4.69) is 0 Å². The first-order valence-corrected chi connectivity index (χ1v) is 10.4. The highest BCUT2D eigenvalue weighted by atomic mass is 16.6. The van der Waals surface area contributed by atoms with Crippen LogP contribution in [0.5, 0.6) is 11.5 Å². The molecule has 7 unspecified atom stereocenters. The van der Waals surface area contributed by atoms with Gasteiger partial charge in [-0.1, -0.05) is 13.8 Å². The lowest BCUT2D eigenvalue weighted by molar-refractivity contribution is -0.273. The zero-order valence-electron chi connectivity index (χ0n) is 18.1. The lowest BCUT2D eigenvalue weighted by Crippen LogP contribution is -2.76. The first kappa shape index (κ1) is 22.7. The number of phenolic OH excluding ortho intramolecular Hbond substituents is 2. The molecule has 0 saturated heterocycles. The minimum atomic E-state index is -1.98. The summed E-state index contributed by atoms with van der Waals surface area (Å²) in [6, 6.07) is 2.27. The van der Waals surface area contributed by atoms with Gasteiger partial charge >= 0.3 is 5.97 Å². The number of hydrogen-bond donors (Lipinski definition) is 6. The van der Waals surface area contributed by atoms with Gasteiger partial charge in [-0.05, 0) is 37.5 Å². The molecular weight excluding hydrogens is 420 g/mol. The molecule has 9 nitrogen and oxygen atoms in total. The van der Waals surface area contributed by atoms with E-state index < -0.39 is 58.5 Å². The van der Waals surface area contributed by atoms with Gasteiger partial charge in [-0.2, -0.15) is 0 Å². The summed E-state index contributed by atoms with van der Waals surface area (Å²) in [5.74, 6) is -2.58. The van der Waals surface area contributed by atoms with Crippen molar-refractivity contribution in [3.05, 3.63) is 34.9 Å². The van der Waals surface area contributed by atoms with Crippen molar-refractivity contribution >= 4 is 12.3 Å². The number of aromatic hydroxyl groups is 2. The fraction of sp³-hybridized carbons (Fsp3) is 0.565. The first-order chi connectivity index (χ1) is 14.8. The molecule has 1 aromatic rings. The predicted octanol–water partition coefficient (Wildman–Crippen LogP) is 0.322. The number of esters is 1. The average Bonchev–Trinajstić information content (AvgIpc) is 2.90. The van der Waals surface area contributed by atoms with E-state index in [1.54, 1.807) is 13.8 Å². The summed E-state index contributed by atoms with van der Waals surface area (Å²) in [5.41, 5.74) is -5.97. The molecule has 0 bridgehead atoms. The van der Waals surface area contributed by atoms with E-state index >= 15 is 0 Å². The third-order valence-electron chi connectivity index (χ3n) is 7.97. The average molecular weight is 448 g/mol. The van der Waals surface area contributed by atoms with Crippen molar-refractivity contribution < 1.29 is 45.0 Å². The molecule has 4 rings (SSSR count). The van der Waals surface area contributed by atoms with Crippen molar-refractivity contribution in [3.63, 3.8) is 0 Å². The Bertz CT molecular complexity index is 1010. The third-order valence-corrected chi connectivity index (χ3v) is 7.97. The minimum absolute atomic E-state index is 0.00360. The molecule has 0 amide bonds. The number of phenols is 2. The summed E-state index contributed by atoms with van der Waals surface area (Å²) in [6.07, 6.45) is -0.725. The number of benzene rings is 1. The smallest absolute Gasteiger partial charge is 0.342 e. The number of hydrogen-bond acceptors (Lipinski definition) is 9. The van der Waals surface area contributed by atoms with Gasteiger partial charge in [0.05, 0.1) is 18.3 Å². The van der Waals surface area contributed by atoms with Crippen LogP contribution in [0.2, 0.25) is 0 Å². The van der Waals surface area contributed by atoms with Crippen LogP contribution in [-0.4, -0.2) is 72.9 Å². The van der Waals surface area contributed by atoms with E-state index in [-0.39, 0.29) is 35.3 Å². The summed E-state index contributed by atoms with van der Waals surface area (Å²) in [7, 11) is 0. The van der Waals surface area contributed by atoms with Gasteiger partial charge in [-0.3, -0.25) is 4.79 Å². The van der Waals surface area contributed by atoms with E-state index in [0.717, 1.165) is 6.07 Å². The number of aliphatic hydroxyl groups excluding tert-OH is 2. The van der Waals surface area contributed by atoms with Crippen LogP contribution >= 0.6 is 0 Å². The number of aryl methyl sites for hydroxylation is 1. The van der Waals surface area contributed by atoms with Crippen LogP contribution in [0.4, 0.5) is 0 Å². The number of fused-ring (bicyclic) bond motifs is 3. The van der Waals surface area contributed by atoms with Crippen LogP contribution in [0.15, 0.2) is 23.8 Å². The fourth-order valence-electron chi connectivity index (χ4n) is 6.37. The maximum atomic E-state index is 12.8. The largest absolute Gasteiger partial charge is 0.508 e. The van der Waals surface area contributed by atoms with E-state index in [9.17, 15) is 40.2 Å². The molecule has 3 aliphatic carbocycles. The highest BCUT2D eigenvalue weighted by Crippen LogP contribution is 2.69. The molecule has 9 heteroatoms. The van der Waals surface area contributed by atoms with Crippen LogP contribution in [0, 0.1) is 23.7 Å².